The molecule has 7 heteroatoms. The first-order valence-electron chi connectivity index (χ1n) is 8.72. The molecule has 140 valence electrons. The van der Waals surface area contributed by atoms with Crippen LogP contribution in [0.1, 0.15) is 29.8 Å². The number of nitrogens with one attached hydrogen (secondary N) is 1. The second-order valence-electron chi connectivity index (χ2n) is 5.76. The molecule has 0 fully saturated rings. The number of ether oxygens (including phenoxy) is 2. The van der Waals surface area contributed by atoms with Crippen LogP contribution in [0.3, 0.4) is 0 Å². The van der Waals surface area contributed by atoms with Crippen LogP contribution in [0.5, 0.6) is 11.5 Å². The molecule has 0 aliphatic rings. The first-order valence-corrected chi connectivity index (χ1v) is 8.72. The topological polar surface area (TPSA) is 86.5 Å². The quantitative estimate of drug-likeness (QED) is 0.677. The van der Waals surface area contributed by atoms with Crippen molar-refractivity contribution in [2.24, 2.45) is 0 Å². The van der Waals surface area contributed by atoms with E-state index in [9.17, 15) is 4.79 Å². The number of rotatable bonds is 7. The van der Waals surface area contributed by atoms with Gasteiger partial charge in [0.25, 0.3) is 5.91 Å². The predicted octanol–water partition coefficient (Wildman–Crippen LogP) is 4.09. The summed E-state index contributed by atoms with van der Waals surface area (Å²) in [4.78, 5) is 12.3. The Balaban J connectivity index is 1.79. The zero-order valence-electron chi connectivity index (χ0n) is 15.5. The van der Waals surface area contributed by atoms with Crippen LogP contribution in [0.25, 0.3) is 11.5 Å². The van der Waals surface area contributed by atoms with Gasteiger partial charge >= 0.3 is 6.01 Å². The van der Waals surface area contributed by atoms with Gasteiger partial charge in [0, 0.05) is 11.1 Å². The highest BCUT2D eigenvalue weighted by Crippen LogP contribution is 2.32. The molecule has 1 amide bonds. The van der Waals surface area contributed by atoms with Crippen LogP contribution in [0.2, 0.25) is 0 Å². The van der Waals surface area contributed by atoms with E-state index in [0.717, 1.165) is 5.56 Å². The number of carbonyl (C=O) groups excluding carboxylic acids is 1. The minimum atomic E-state index is -0.310. The Labute approximate surface area is 157 Å². The third kappa shape index (κ3) is 4.44. The summed E-state index contributed by atoms with van der Waals surface area (Å²) < 4.78 is 16.7. The molecule has 0 aliphatic carbocycles. The van der Waals surface area contributed by atoms with Gasteiger partial charge < -0.3 is 13.9 Å². The molecule has 0 bridgehead atoms. The Hall–Kier alpha value is -3.35. The molecule has 0 spiro atoms. The van der Waals surface area contributed by atoms with Crippen LogP contribution in [0.4, 0.5) is 6.01 Å². The number of benzene rings is 2. The molecule has 0 atom stereocenters. The Bertz CT molecular complexity index is 936. The fraction of sp³-hybridized carbons (Fsp3) is 0.250. The molecule has 0 aliphatic heterocycles. The minimum absolute atomic E-state index is 0.0309. The maximum atomic E-state index is 12.3. The maximum absolute atomic E-state index is 12.3. The Kier molecular flexibility index (Phi) is 5.71. The molecule has 1 N–H and O–H groups in total. The number of aromatic nitrogens is 2. The van der Waals surface area contributed by atoms with Crippen LogP contribution in [0.15, 0.2) is 46.9 Å². The molecule has 3 rings (SSSR count). The van der Waals surface area contributed by atoms with E-state index in [4.69, 9.17) is 13.9 Å². The fourth-order valence-electron chi connectivity index (χ4n) is 2.53. The van der Waals surface area contributed by atoms with Gasteiger partial charge in [-0.05, 0) is 51.1 Å². The summed E-state index contributed by atoms with van der Waals surface area (Å²) in [5, 5.41) is 10.5. The summed E-state index contributed by atoms with van der Waals surface area (Å²) in [7, 11) is 0. The molecule has 3 aromatic rings. The van der Waals surface area contributed by atoms with Crippen molar-refractivity contribution in [1.29, 1.82) is 0 Å². The highest BCUT2D eigenvalue weighted by molar-refractivity contribution is 6.03. The van der Waals surface area contributed by atoms with E-state index in [1.54, 1.807) is 30.3 Å². The van der Waals surface area contributed by atoms with Crippen LogP contribution >= 0.6 is 0 Å². The highest BCUT2D eigenvalue weighted by Gasteiger charge is 2.15. The average molecular weight is 367 g/mol. The third-order valence-electron chi connectivity index (χ3n) is 3.72. The van der Waals surface area contributed by atoms with Crippen molar-refractivity contribution in [3.63, 3.8) is 0 Å². The molecule has 2 aromatic carbocycles. The molecular weight excluding hydrogens is 346 g/mol. The van der Waals surface area contributed by atoms with E-state index < -0.39 is 0 Å². The van der Waals surface area contributed by atoms with E-state index in [-0.39, 0.29) is 17.8 Å². The molecule has 27 heavy (non-hydrogen) atoms. The maximum Gasteiger partial charge on any atom is 0.322 e. The van der Waals surface area contributed by atoms with Crippen LogP contribution in [0, 0.1) is 6.92 Å². The summed E-state index contributed by atoms with van der Waals surface area (Å²) in [6.45, 7) is 6.77. The molecule has 0 unspecified atom stereocenters. The lowest BCUT2D eigenvalue weighted by molar-refractivity contribution is 0.102. The van der Waals surface area contributed by atoms with Gasteiger partial charge in [-0.2, -0.15) is 0 Å². The number of hydrogen-bond acceptors (Lipinski definition) is 6. The zero-order chi connectivity index (χ0) is 19.2. The first-order chi connectivity index (χ1) is 13.1. The molecular formula is C20H21N3O4. The van der Waals surface area contributed by atoms with Crippen molar-refractivity contribution in [3.8, 4) is 23.0 Å². The van der Waals surface area contributed by atoms with Crippen LogP contribution in [-0.2, 0) is 0 Å². The van der Waals surface area contributed by atoms with Crippen molar-refractivity contribution in [1.82, 2.24) is 10.2 Å². The van der Waals surface area contributed by atoms with E-state index in [2.05, 4.69) is 15.5 Å². The van der Waals surface area contributed by atoms with E-state index in [1.807, 2.05) is 32.9 Å². The van der Waals surface area contributed by atoms with Crippen LogP contribution in [-0.4, -0.2) is 29.3 Å². The summed E-state index contributed by atoms with van der Waals surface area (Å²) in [5.41, 5.74) is 2.19. The SMILES string of the molecule is CCOc1ccc(-c2nnc(NC(=O)c3cccc(C)c3)o2)cc1OCC. The Morgan fingerprint density at radius 2 is 1.81 bits per heavy atom. The summed E-state index contributed by atoms with van der Waals surface area (Å²) >= 11 is 0. The predicted molar refractivity (Wildman–Crippen MR) is 101 cm³/mol. The van der Waals surface area contributed by atoms with Crippen molar-refractivity contribution < 1.29 is 18.7 Å². The first kappa shape index (κ1) is 18.4. The lowest BCUT2D eigenvalue weighted by Gasteiger charge is -2.11. The normalized spacial score (nSPS) is 10.5. The lowest BCUT2D eigenvalue weighted by Crippen LogP contribution is -2.12. The number of amides is 1. The van der Waals surface area contributed by atoms with Gasteiger partial charge in [0.15, 0.2) is 11.5 Å². The van der Waals surface area contributed by atoms with E-state index in [0.29, 0.717) is 35.8 Å². The molecule has 0 saturated carbocycles. The molecule has 1 heterocycles. The van der Waals surface area contributed by atoms with Gasteiger partial charge in [0.1, 0.15) is 0 Å². The number of carbonyl (C=O) groups is 1. The zero-order valence-corrected chi connectivity index (χ0v) is 15.5. The molecule has 1 aromatic heterocycles. The number of anilines is 1. The van der Waals surface area contributed by atoms with E-state index >= 15 is 0 Å². The lowest BCUT2D eigenvalue weighted by atomic mass is 10.1. The minimum Gasteiger partial charge on any atom is -0.490 e. The molecule has 0 radical (unpaired) electrons. The van der Waals surface area contributed by atoms with Gasteiger partial charge in [0.05, 0.1) is 13.2 Å². The molecule has 0 saturated heterocycles. The van der Waals surface area contributed by atoms with Crippen molar-refractivity contribution in [2.45, 2.75) is 20.8 Å². The monoisotopic (exact) mass is 367 g/mol. The summed E-state index contributed by atoms with van der Waals surface area (Å²) in [5.74, 6) is 1.21. The summed E-state index contributed by atoms with van der Waals surface area (Å²) in [6, 6.07) is 12.6. The van der Waals surface area contributed by atoms with Crippen LogP contribution < -0.4 is 14.8 Å². The van der Waals surface area contributed by atoms with Gasteiger partial charge in [-0.1, -0.05) is 22.8 Å². The Morgan fingerprint density at radius 3 is 2.56 bits per heavy atom. The second kappa shape index (κ2) is 8.35. The van der Waals surface area contributed by atoms with Crippen molar-refractivity contribution in [2.75, 3.05) is 18.5 Å². The van der Waals surface area contributed by atoms with Gasteiger partial charge in [0.2, 0.25) is 5.89 Å². The Morgan fingerprint density at radius 1 is 1.04 bits per heavy atom. The van der Waals surface area contributed by atoms with Gasteiger partial charge in [-0.15, -0.1) is 5.10 Å². The van der Waals surface area contributed by atoms with E-state index in [1.165, 1.54) is 0 Å². The third-order valence-corrected chi connectivity index (χ3v) is 3.72. The average Bonchev–Trinajstić information content (AvgIpc) is 3.12. The van der Waals surface area contributed by atoms with Crippen molar-refractivity contribution >= 4 is 11.9 Å². The fourth-order valence-corrected chi connectivity index (χ4v) is 2.53. The number of nitrogens with zero attached hydrogens (tertiary/aromatic N) is 2. The number of hydrogen-bond donors (Lipinski definition) is 1. The van der Waals surface area contributed by atoms with Crippen molar-refractivity contribution in [3.05, 3.63) is 53.6 Å². The van der Waals surface area contributed by atoms with Gasteiger partial charge in [-0.3, -0.25) is 10.1 Å². The van der Waals surface area contributed by atoms with Gasteiger partial charge in [-0.25, -0.2) is 0 Å². The smallest absolute Gasteiger partial charge is 0.322 e. The highest BCUT2D eigenvalue weighted by atomic mass is 16.5. The number of aryl methyl sites for hydroxylation is 1. The largest absolute Gasteiger partial charge is 0.490 e. The molecule has 7 nitrogen and oxygen atoms in total. The summed E-state index contributed by atoms with van der Waals surface area (Å²) in [6.07, 6.45) is 0. The second-order valence-corrected chi connectivity index (χ2v) is 5.76. The standard InChI is InChI=1S/C20H21N3O4/c1-4-25-16-10-9-15(12-17(16)26-5-2)19-22-23-20(27-19)21-18(24)14-8-6-7-13(3)11-14/h6-12H,4-5H2,1-3H3,(H,21,23,24).